The number of nitrogens with two attached hydrogens (primary N) is 1. The molecule has 0 spiro atoms. The zero-order chi connectivity index (χ0) is 20.4. The van der Waals surface area contributed by atoms with E-state index in [2.05, 4.69) is 28.9 Å². The molecule has 0 atom stereocenters. The van der Waals surface area contributed by atoms with Gasteiger partial charge in [-0.1, -0.05) is 54.9 Å². The number of likely N-dealkylation sites (N-methyl/N-ethyl adjacent to an activating group) is 1. The Morgan fingerprint density at radius 3 is 2.34 bits per heavy atom. The molecule has 1 aliphatic heterocycles. The largest absolute Gasteiger partial charge is 0.383 e. The highest BCUT2D eigenvalue weighted by Gasteiger charge is 2.22. The Bertz CT molecular complexity index is 974. The molecule has 1 fully saturated rings. The quantitative estimate of drug-likeness (QED) is 0.685. The fraction of sp³-hybridized carbons (Fsp3) is 0.348. The van der Waals surface area contributed by atoms with Crippen LogP contribution in [-0.4, -0.2) is 52.3 Å². The molecule has 3 aromatic rings. The van der Waals surface area contributed by atoms with Crippen LogP contribution in [0.2, 0.25) is 5.02 Å². The first kappa shape index (κ1) is 20.0. The molecule has 152 valence electrons. The predicted molar refractivity (Wildman–Crippen MR) is 121 cm³/mol. The Kier molecular flexibility index (Phi) is 5.90. The number of hydrogen-bond donors (Lipinski definition) is 1. The van der Waals surface area contributed by atoms with Crippen LogP contribution in [0.25, 0.3) is 16.8 Å². The van der Waals surface area contributed by atoms with Crippen LogP contribution in [0.3, 0.4) is 0 Å². The Labute approximate surface area is 177 Å². The summed E-state index contributed by atoms with van der Waals surface area (Å²) in [6, 6.07) is 16.2. The molecule has 2 N–H and O–H groups in total. The summed E-state index contributed by atoms with van der Waals surface area (Å²) in [5.74, 6) is 0.651. The minimum absolute atomic E-state index is 0.651. The lowest BCUT2D eigenvalue weighted by atomic mass is 10.0. The lowest BCUT2D eigenvalue weighted by molar-refractivity contribution is 0.131. The Balaban J connectivity index is 1.72. The van der Waals surface area contributed by atoms with Gasteiger partial charge < -0.3 is 10.6 Å². The summed E-state index contributed by atoms with van der Waals surface area (Å²) in [7, 11) is 0. The number of anilines is 1. The number of halogens is 1. The van der Waals surface area contributed by atoms with Crippen molar-refractivity contribution in [2.45, 2.75) is 20.4 Å². The van der Waals surface area contributed by atoms with Crippen molar-refractivity contribution >= 4 is 17.4 Å². The van der Waals surface area contributed by atoms with Crippen LogP contribution >= 0.6 is 11.6 Å². The fourth-order valence-corrected chi connectivity index (χ4v) is 4.07. The molecule has 0 radical (unpaired) electrons. The summed E-state index contributed by atoms with van der Waals surface area (Å²) >= 11 is 6.37. The van der Waals surface area contributed by atoms with E-state index in [9.17, 15) is 0 Å². The molecule has 1 aliphatic rings. The van der Waals surface area contributed by atoms with Crippen molar-refractivity contribution in [2.75, 3.05) is 38.5 Å². The van der Waals surface area contributed by atoms with Crippen LogP contribution < -0.4 is 5.73 Å². The van der Waals surface area contributed by atoms with Crippen molar-refractivity contribution in [3.63, 3.8) is 0 Å². The van der Waals surface area contributed by atoms with Crippen LogP contribution in [0.4, 0.5) is 5.82 Å². The monoisotopic (exact) mass is 409 g/mol. The van der Waals surface area contributed by atoms with Gasteiger partial charge >= 0.3 is 0 Å². The molecular formula is C23H28ClN5. The minimum atomic E-state index is 0.651. The van der Waals surface area contributed by atoms with Crippen molar-refractivity contribution in [2.24, 2.45) is 0 Å². The molecule has 0 aliphatic carbocycles. The maximum atomic E-state index is 6.64. The van der Waals surface area contributed by atoms with Gasteiger partial charge in [-0.15, -0.1) is 0 Å². The van der Waals surface area contributed by atoms with Gasteiger partial charge in [0.2, 0.25) is 0 Å². The molecule has 2 aromatic carbocycles. The lowest BCUT2D eigenvalue weighted by Gasteiger charge is -2.33. The zero-order valence-corrected chi connectivity index (χ0v) is 17.9. The summed E-state index contributed by atoms with van der Waals surface area (Å²) in [6.07, 6.45) is 0. The highest BCUT2D eigenvalue weighted by atomic mass is 35.5. The fourth-order valence-electron chi connectivity index (χ4n) is 3.89. The first-order chi connectivity index (χ1) is 14.1. The molecule has 2 heterocycles. The highest BCUT2D eigenvalue weighted by molar-refractivity contribution is 6.31. The predicted octanol–water partition coefficient (Wildman–Crippen LogP) is 4.22. The molecule has 0 bridgehead atoms. The molecule has 0 unspecified atom stereocenters. The number of aryl methyl sites for hydroxylation is 1. The second-order valence-electron chi connectivity index (χ2n) is 7.63. The second kappa shape index (κ2) is 8.57. The summed E-state index contributed by atoms with van der Waals surface area (Å²) in [5.41, 5.74) is 11.7. The third-order valence-corrected chi connectivity index (χ3v) is 6.15. The van der Waals surface area contributed by atoms with E-state index in [-0.39, 0.29) is 0 Å². The van der Waals surface area contributed by atoms with Gasteiger partial charge in [0, 0.05) is 43.3 Å². The van der Waals surface area contributed by atoms with E-state index in [4.69, 9.17) is 22.4 Å². The van der Waals surface area contributed by atoms with Gasteiger partial charge in [0.05, 0.1) is 11.4 Å². The highest BCUT2D eigenvalue weighted by Crippen LogP contribution is 2.33. The van der Waals surface area contributed by atoms with Gasteiger partial charge in [-0.25, -0.2) is 4.68 Å². The molecule has 1 aromatic heterocycles. The summed E-state index contributed by atoms with van der Waals surface area (Å²) in [4.78, 5) is 4.95. The van der Waals surface area contributed by atoms with E-state index in [1.807, 2.05) is 48.0 Å². The molecule has 5 nitrogen and oxygen atoms in total. The Morgan fingerprint density at radius 2 is 1.69 bits per heavy atom. The van der Waals surface area contributed by atoms with Crippen molar-refractivity contribution in [1.29, 1.82) is 0 Å². The van der Waals surface area contributed by atoms with Crippen LogP contribution in [-0.2, 0) is 6.54 Å². The number of hydrogen-bond acceptors (Lipinski definition) is 4. The van der Waals surface area contributed by atoms with Crippen LogP contribution in [0, 0.1) is 6.92 Å². The first-order valence-corrected chi connectivity index (χ1v) is 10.6. The molecule has 0 amide bonds. The zero-order valence-electron chi connectivity index (χ0n) is 17.1. The van der Waals surface area contributed by atoms with Crippen molar-refractivity contribution in [3.05, 3.63) is 64.8 Å². The van der Waals surface area contributed by atoms with Gasteiger partial charge in [-0.3, -0.25) is 4.90 Å². The van der Waals surface area contributed by atoms with E-state index in [0.29, 0.717) is 5.82 Å². The third-order valence-electron chi connectivity index (χ3n) is 5.74. The number of nitrogen functional groups attached to an aromatic ring is 1. The first-order valence-electron chi connectivity index (χ1n) is 10.2. The number of rotatable bonds is 5. The summed E-state index contributed by atoms with van der Waals surface area (Å²) in [5, 5.41) is 5.66. The topological polar surface area (TPSA) is 50.3 Å². The van der Waals surface area contributed by atoms with Gasteiger partial charge in [0.1, 0.15) is 5.82 Å². The molecule has 4 rings (SSSR count). The van der Waals surface area contributed by atoms with Crippen molar-refractivity contribution < 1.29 is 0 Å². The van der Waals surface area contributed by atoms with Crippen molar-refractivity contribution in [3.8, 4) is 16.8 Å². The van der Waals surface area contributed by atoms with Gasteiger partial charge in [0.25, 0.3) is 0 Å². The Morgan fingerprint density at radius 1 is 1.00 bits per heavy atom. The maximum Gasteiger partial charge on any atom is 0.135 e. The number of nitrogens with zero attached hydrogens (tertiary/aromatic N) is 4. The molecular weight excluding hydrogens is 382 g/mol. The smallest absolute Gasteiger partial charge is 0.135 e. The second-order valence-corrected chi connectivity index (χ2v) is 8.04. The SMILES string of the molecule is CCN1CCN(Cc2nn(-c3ccc(C)c(Cl)c3)c(N)c2-c2ccccc2)CC1. The Hall–Kier alpha value is -2.34. The van der Waals surface area contributed by atoms with Gasteiger partial charge in [-0.05, 0) is 36.7 Å². The van der Waals surface area contributed by atoms with E-state index >= 15 is 0 Å². The number of benzene rings is 2. The minimum Gasteiger partial charge on any atom is -0.383 e. The van der Waals surface area contributed by atoms with Crippen LogP contribution in [0.15, 0.2) is 48.5 Å². The van der Waals surface area contributed by atoms with Gasteiger partial charge in [0.15, 0.2) is 0 Å². The average molecular weight is 410 g/mol. The van der Waals surface area contributed by atoms with Crippen LogP contribution in [0.5, 0.6) is 0 Å². The van der Waals surface area contributed by atoms with E-state index in [1.54, 1.807) is 0 Å². The molecule has 0 saturated carbocycles. The molecule has 6 heteroatoms. The maximum absolute atomic E-state index is 6.64. The number of piperazine rings is 1. The number of aromatic nitrogens is 2. The standard InChI is InChI=1S/C23H28ClN5/c1-3-27-11-13-28(14-12-27)16-21-22(18-7-5-4-6-8-18)23(25)29(26-21)19-10-9-17(2)20(24)15-19/h4-10,15H,3,11-14,16,25H2,1-2H3. The molecule has 1 saturated heterocycles. The lowest BCUT2D eigenvalue weighted by Crippen LogP contribution is -2.45. The van der Waals surface area contributed by atoms with Crippen LogP contribution in [0.1, 0.15) is 18.2 Å². The van der Waals surface area contributed by atoms with Gasteiger partial charge in [-0.2, -0.15) is 5.10 Å². The van der Waals surface area contributed by atoms with E-state index in [0.717, 1.165) is 72.4 Å². The summed E-state index contributed by atoms with van der Waals surface area (Å²) < 4.78 is 1.82. The van der Waals surface area contributed by atoms with E-state index < -0.39 is 0 Å². The molecule has 29 heavy (non-hydrogen) atoms. The third kappa shape index (κ3) is 4.17. The summed E-state index contributed by atoms with van der Waals surface area (Å²) in [6.45, 7) is 10.4. The van der Waals surface area contributed by atoms with Crippen molar-refractivity contribution in [1.82, 2.24) is 19.6 Å². The normalized spacial score (nSPS) is 15.7. The average Bonchev–Trinajstić information content (AvgIpc) is 3.07. The van der Waals surface area contributed by atoms with E-state index in [1.165, 1.54) is 0 Å².